The molecule has 1 amide bonds. The second-order valence-electron chi connectivity index (χ2n) is 3.50. The molecule has 0 atom stereocenters. The summed E-state index contributed by atoms with van der Waals surface area (Å²) in [6.07, 6.45) is 0. The zero-order valence-electron chi connectivity index (χ0n) is 9.49. The van der Waals surface area contributed by atoms with Crippen molar-refractivity contribution < 1.29 is 14.7 Å². The quantitative estimate of drug-likeness (QED) is 0.634. The lowest BCUT2D eigenvalue weighted by atomic mass is 10.3. The molecule has 5 heteroatoms. The Balaban J connectivity index is 4.21. The highest BCUT2D eigenvalue weighted by Crippen LogP contribution is 1.97. The summed E-state index contributed by atoms with van der Waals surface area (Å²) < 4.78 is 0. The van der Waals surface area contributed by atoms with Crippen LogP contribution in [0.2, 0.25) is 0 Å². The first-order chi connectivity index (χ1) is 6.88. The van der Waals surface area contributed by atoms with E-state index in [0.717, 1.165) is 0 Å². The third-order valence-electron chi connectivity index (χ3n) is 2.02. The summed E-state index contributed by atoms with van der Waals surface area (Å²) in [7, 11) is 3.34. The van der Waals surface area contributed by atoms with Gasteiger partial charge in [0.2, 0.25) is 5.91 Å². The Bertz CT molecular complexity index is 261. The van der Waals surface area contributed by atoms with E-state index in [1.54, 1.807) is 19.0 Å². The number of rotatable bonds is 6. The van der Waals surface area contributed by atoms with Gasteiger partial charge >= 0.3 is 5.97 Å². The minimum atomic E-state index is -1.02. The second kappa shape index (κ2) is 6.19. The van der Waals surface area contributed by atoms with Crippen LogP contribution in [0.3, 0.4) is 0 Å². The molecule has 0 bridgehead atoms. The Morgan fingerprint density at radius 3 is 2.13 bits per heavy atom. The number of carboxylic acid groups (broad SMARTS) is 1. The highest BCUT2D eigenvalue weighted by molar-refractivity contribution is 5.86. The molecule has 0 radical (unpaired) electrons. The molecule has 15 heavy (non-hydrogen) atoms. The average molecular weight is 214 g/mol. The van der Waals surface area contributed by atoms with Crippen molar-refractivity contribution in [2.75, 3.05) is 33.7 Å². The molecule has 0 unspecified atom stereocenters. The molecular formula is C10H18N2O3. The number of hydrogen-bond donors (Lipinski definition) is 1. The lowest BCUT2D eigenvalue weighted by molar-refractivity contribution is -0.134. The van der Waals surface area contributed by atoms with Crippen molar-refractivity contribution >= 4 is 11.9 Å². The van der Waals surface area contributed by atoms with Gasteiger partial charge in [0.15, 0.2) is 0 Å². The number of carbonyl (C=O) groups excluding carboxylic acids is 1. The number of hydrogen-bond acceptors (Lipinski definition) is 3. The van der Waals surface area contributed by atoms with Crippen molar-refractivity contribution in [2.45, 2.75) is 6.92 Å². The van der Waals surface area contributed by atoms with Crippen LogP contribution in [-0.4, -0.2) is 60.5 Å². The predicted octanol–water partition coefficient (Wildman–Crippen LogP) is 0.0373. The third kappa shape index (κ3) is 5.17. The Kier molecular flexibility index (Phi) is 5.62. The number of amides is 1. The van der Waals surface area contributed by atoms with Gasteiger partial charge in [0.1, 0.15) is 0 Å². The minimum Gasteiger partial charge on any atom is -0.478 e. The third-order valence-corrected chi connectivity index (χ3v) is 2.02. The van der Waals surface area contributed by atoms with Crippen LogP contribution in [0.25, 0.3) is 0 Å². The average Bonchev–Trinajstić information content (AvgIpc) is 2.15. The van der Waals surface area contributed by atoms with Crippen molar-refractivity contribution in [2.24, 2.45) is 0 Å². The fourth-order valence-electron chi connectivity index (χ4n) is 0.950. The van der Waals surface area contributed by atoms with Gasteiger partial charge in [-0.15, -0.1) is 0 Å². The molecule has 0 aliphatic rings. The molecule has 0 saturated carbocycles. The molecule has 0 rings (SSSR count). The first kappa shape index (κ1) is 13.6. The molecule has 0 aliphatic carbocycles. The topological polar surface area (TPSA) is 60.9 Å². The zero-order valence-corrected chi connectivity index (χ0v) is 9.49. The molecule has 0 aromatic carbocycles. The number of aliphatic carboxylic acids is 1. The Labute approximate surface area is 90.0 Å². The maximum Gasteiger partial charge on any atom is 0.332 e. The summed E-state index contributed by atoms with van der Waals surface area (Å²) in [6.45, 7) is 6.35. The van der Waals surface area contributed by atoms with Crippen LogP contribution in [0.4, 0.5) is 0 Å². The normalized spacial score (nSPS) is 10.1. The molecular weight excluding hydrogens is 196 g/mol. The lowest BCUT2D eigenvalue weighted by Crippen LogP contribution is -2.38. The van der Waals surface area contributed by atoms with Gasteiger partial charge < -0.3 is 10.0 Å². The van der Waals surface area contributed by atoms with Crippen molar-refractivity contribution in [1.82, 2.24) is 9.80 Å². The van der Waals surface area contributed by atoms with Gasteiger partial charge in [0.25, 0.3) is 0 Å². The van der Waals surface area contributed by atoms with Gasteiger partial charge in [-0.05, 0) is 6.54 Å². The van der Waals surface area contributed by atoms with Gasteiger partial charge in [0.05, 0.1) is 6.54 Å². The Morgan fingerprint density at radius 1 is 1.27 bits per heavy atom. The maximum atomic E-state index is 11.4. The molecule has 0 fully saturated rings. The van der Waals surface area contributed by atoms with E-state index in [2.05, 4.69) is 6.58 Å². The molecule has 5 nitrogen and oxygen atoms in total. The van der Waals surface area contributed by atoms with E-state index in [1.165, 1.54) is 4.90 Å². The fourth-order valence-corrected chi connectivity index (χ4v) is 0.950. The van der Waals surface area contributed by atoms with Crippen LogP contribution in [0, 0.1) is 0 Å². The van der Waals surface area contributed by atoms with E-state index < -0.39 is 5.97 Å². The smallest absolute Gasteiger partial charge is 0.332 e. The molecule has 0 aromatic heterocycles. The van der Waals surface area contributed by atoms with Crippen LogP contribution < -0.4 is 0 Å². The summed E-state index contributed by atoms with van der Waals surface area (Å²) >= 11 is 0. The monoisotopic (exact) mass is 214 g/mol. The van der Waals surface area contributed by atoms with E-state index in [0.29, 0.717) is 6.54 Å². The maximum absolute atomic E-state index is 11.4. The largest absolute Gasteiger partial charge is 0.478 e. The van der Waals surface area contributed by atoms with Gasteiger partial charge in [-0.25, -0.2) is 4.79 Å². The molecule has 1 N–H and O–H groups in total. The van der Waals surface area contributed by atoms with Crippen molar-refractivity contribution in [3.05, 3.63) is 12.2 Å². The van der Waals surface area contributed by atoms with Crippen molar-refractivity contribution in [1.29, 1.82) is 0 Å². The highest BCUT2D eigenvalue weighted by Gasteiger charge is 2.14. The number of likely N-dealkylation sites (N-methyl/N-ethyl adjacent to an activating group) is 2. The van der Waals surface area contributed by atoms with Crippen LogP contribution in [-0.2, 0) is 9.59 Å². The first-order valence-electron chi connectivity index (χ1n) is 4.72. The van der Waals surface area contributed by atoms with Crippen LogP contribution in [0.5, 0.6) is 0 Å². The summed E-state index contributed by atoms with van der Waals surface area (Å²) in [4.78, 5) is 25.1. The Hall–Kier alpha value is -1.36. The van der Waals surface area contributed by atoms with E-state index >= 15 is 0 Å². The van der Waals surface area contributed by atoms with Gasteiger partial charge in [0, 0.05) is 26.2 Å². The molecule has 0 aromatic rings. The molecule has 0 spiro atoms. The number of nitrogens with zero attached hydrogens (tertiary/aromatic N) is 2. The van der Waals surface area contributed by atoms with Crippen molar-refractivity contribution in [3.63, 3.8) is 0 Å². The second-order valence-corrected chi connectivity index (χ2v) is 3.50. The van der Waals surface area contributed by atoms with E-state index in [1.807, 2.05) is 6.92 Å². The Morgan fingerprint density at radius 2 is 1.80 bits per heavy atom. The summed E-state index contributed by atoms with van der Waals surface area (Å²) in [5, 5.41) is 8.65. The summed E-state index contributed by atoms with van der Waals surface area (Å²) in [5.41, 5.74) is 0.100. The summed E-state index contributed by atoms with van der Waals surface area (Å²) in [5.74, 6) is -1.07. The fraction of sp³-hybridized carbons (Fsp3) is 0.600. The highest BCUT2D eigenvalue weighted by atomic mass is 16.4. The van der Waals surface area contributed by atoms with E-state index in [9.17, 15) is 9.59 Å². The minimum absolute atomic E-state index is 0.0463. The van der Waals surface area contributed by atoms with Gasteiger partial charge in [-0.1, -0.05) is 13.5 Å². The zero-order chi connectivity index (χ0) is 12.0. The molecule has 86 valence electrons. The van der Waals surface area contributed by atoms with Gasteiger partial charge in [-0.2, -0.15) is 0 Å². The number of carboxylic acids is 1. The standard InChI is InChI=1S/C10H18N2O3/c1-5-12(6-8(2)10(14)15)7-9(13)11(3)4/h2,5-7H2,1,3-4H3,(H,14,15). The number of carbonyl (C=O) groups is 2. The SMILES string of the molecule is C=C(CN(CC)CC(=O)N(C)C)C(=O)O. The van der Waals surface area contributed by atoms with E-state index in [-0.39, 0.29) is 24.6 Å². The lowest BCUT2D eigenvalue weighted by Gasteiger charge is -2.21. The molecule has 0 saturated heterocycles. The molecule has 0 aliphatic heterocycles. The first-order valence-corrected chi connectivity index (χ1v) is 4.72. The van der Waals surface area contributed by atoms with Crippen LogP contribution in [0.1, 0.15) is 6.92 Å². The summed E-state index contributed by atoms with van der Waals surface area (Å²) in [6, 6.07) is 0. The van der Waals surface area contributed by atoms with Crippen molar-refractivity contribution in [3.8, 4) is 0 Å². The van der Waals surface area contributed by atoms with E-state index in [4.69, 9.17) is 5.11 Å². The predicted molar refractivity (Wildman–Crippen MR) is 57.6 cm³/mol. The molecule has 0 heterocycles. The van der Waals surface area contributed by atoms with Crippen LogP contribution >= 0.6 is 0 Å². The van der Waals surface area contributed by atoms with Crippen LogP contribution in [0.15, 0.2) is 12.2 Å². The van der Waals surface area contributed by atoms with Gasteiger partial charge in [-0.3, -0.25) is 9.69 Å².